The second kappa shape index (κ2) is 13.4. The van der Waals surface area contributed by atoms with Crippen LogP contribution in [0.5, 0.6) is 0 Å². The predicted molar refractivity (Wildman–Crippen MR) is 175 cm³/mol. The van der Waals surface area contributed by atoms with Gasteiger partial charge in [-0.2, -0.15) is 5.10 Å². The number of para-hydroxylation sites is 1. The summed E-state index contributed by atoms with van der Waals surface area (Å²) in [4.78, 5) is 16.6. The molecule has 0 saturated heterocycles. The standard InChI is InChI=1S/C36H42FN5O/c1-5-20-41-25-27(24-38-41)18-21-42(4,31-10-8-7-9-11-31)22-19-32-33-23-30(16-17-34(33)40-35(32)26(3)6-2)39-36(43)28-12-14-29(37)15-13-28/h7-17,23-26,40H,5-6,18-22H2,1-4H3/p+1. The molecule has 5 rings (SSSR count). The molecule has 2 N–H and O–H groups in total. The zero-order valence-corrected chi connectivity index (χ0v) is 25.7. The molecule has 2 aromatic heterocycles. The van der Waals surface area contributed by atoms with E-state index in [-0.39, 0.29) is 11.7 Å². The van der Waals surface area contributed by atoms with E-state index in [0.29, 0.717) is 11.5 Å². The van der Waals surface area contributed by atoms with Gasteiger partial charge >= 0.3 is 0 Å². The van der Waals surface area contributed by atoms with Crippen molar-refractivity contribution < 1.29 is 9.18 Å². The highest BCUT2D eigenvalue weighted by Crippen LogP contribution is 2.33. The molecule has 1 amide bonds. The van der Waals surface area contributed by atoms with Gasteiger partial charge in [0.2, 0.25) is 0 Å². The van der Waals surface area contributed by atoms with E-state index in [2.05, 4.69) is 85.8 Å². The Bertz CT molecular complexity index is 1660. The highest BCUT2D eigenvalue weighted by atomic mass is 19.1. The summed E-state index contributed by atoms with van der Waals surface area (Å²) in [6.45, 7) is 9.49. The van der Waals surface area contributed by atoms with Crippen LogP contribution in [0.4, 0.5) is 15.8 Å². The maximum Gasteiger partial charge on any atom is 0.255 e. The van der Waals surface area contributed by atoms with Gasteiger partial charge in [0.15, 0.2) is 0 Å². The number of fused-ring (bicyclic) bond motifs is 1. The Hall–Kier alpha value is -4.23. The average molecular weight is 581 g/mol. The van der Waals surface area contributed by atoms with Gasteiger partial charge in [-0.15, -0.1) is 0 Å². The number of hydrogen-bond donors (Lipinski definition) is 2. The van der Waals surface area contributed by atoms with Crippen molar-refractivity contribution >= 4 is 28.2 Å². The van der Waals surface area contributed by atoms with Crippen LogP contribution in [0, 0.1) is 5.82 Å². The Morgan fingerprint density at radius 3 is 2.49 bits per heavy atom. The van der Waals surface area contributed by atoms with Gasteiger partial charge in [0, 0.05) is 53.4 Å². The molecular weight excluding hydrogens is 537 g/mol. The van der Waals surface area contributed by atoms with E-state index < -0.39 is 0 Å². The number of amides is 1. The molecule has 2 heterocycles. The smallest absolute Gasteiger partial charge is 0.255 e. The van der Waals surface area contributed by atoms with Crippen molar-refractivity contribution in [3.63, 3.8) is 0 Å². The highest BCUT2D eigenvalue weighted by molar-refractivity contribution is 6.05. The van der Waals surface area contributed by atoms with Crippen molar-refractivity contribution in [1.29, 1.82) is 0 Å². The van der Waals surface area contributed by atoms with Gasteiger partial charge in [-0.05, 0) is 84.5 Å². The minimum absolute atomic E-state index is 0.255. The Labute approximate surface area is 254 Å². The monoisotopic (exact) mass is 580 g/mol. The molecule has 0 radical (unpaired) electrons. The number of anilines is 1. The fourth-order valence-electron chi connectivity index (χ4n) is 5.82. The first-order valence-corrected chi connectivity index (χ1v) is 15.4. The highest BCUT2D eigenvalue weighted by Gasteiger charge is 2.27. The molecule has 0 aliphatic carbocycles. The van der Waals surface area contributed by atoms with Crippen molar-refractivity contribution in [2.75, 3.05) is 25.5 Å². The van der Waals surface area contributed by atoms with Crippen molar-refractivity contribution in [1.82, 2.24) is 19.2 Å². The van der Waals surface area contributed by atoms with E-state index >= 15 is 0 Å². The fourth-order valence-corrected chi connectivity index (χ4v) is 5.82. The normalized spacial score (nSPS) is 13.6. The van der Waals surface area contributed by atoms with E-state index in [1.165, 1.54) is 46.8 Å². The molecule has 0 aliphatic rings. The quantitative estimate of drug-likeness (QED) is 0.138. The summed E-state index contributed by atoms with van der Waals surface area (Å²) in [6.07, 6.45) is 8.12. The summed E-state index contributed by atoms with van der Waals surface area (Å²) >= 11 is 0. The predicted octanol–water partition coefficient (Wildman–Crippen LogP) is 8.10. The molecule has 7 heteroatoms. The van der Waals surface area contributed by atoms with E-state index in [1.54, 1.807) is 0 Å². The van der Waals surface area contributed by atoms with Crippen molar-refractivity contribution in [3.05, 3.63) is 113 Å². The number of carbonyl (C=O) groups excluding carboxylic acids is 1. The summed E-state index contributed by atoms with van der Waals surface area (Å²) < 4.78 is 16.2. The van der Waals surface area contributed by atoms with Gasteiger partial charge in [-0.3, -0.25) is 14.0 Å². The van der Waals surface area contributed by atoms with Gasteiger partial charge in [-0.1, -0.05) is 39.0 Å². The number of nitrogens with one attached hydrogen (secondary N) is 2. The second-order valence-corrected chi connectivity index (χ2v) is 11.8. The Morgan fingerprint density at radius 1 is 1.02 bits per heavy atom. The zero-order chi connectivity index (χ0) is 30.4. The number of carbonyl (C=O) groups is 1. The molecule has 43 heavy (non-hydrogen) atoms. The number of benzene rings is 3. The average Bonchev–Trinajstić information content (AvgIpc) is 3.63. The molecule has 0 saturated carbocycles. The zero-order valence-electron chi connectivity index (χ0n) is 25.7. The first-order valence-electron chi connectivity index (χ1n) is 15.4. The molecule has 0 bridgehead atoms. The number of likely N-dealkylation sites (N-methyl/N-ethyl adjacent to an activating group) is 1. The minimum Gasteiger partial charge on any atom is -0.358 e. The van der Waals surface area contributed by atoms with Gasteiger partial charge < -0.3 is 10.3 Å². The lowest BCUT2D eigenvalue weighted by molar-refractivity contribution is 0.102. The third-order valence-electron chi connectivity index (χ3n) is 8.68. The molecule has 2 atom stereocenters. The molecule has 224 valence electrons. The maximum absolute atomic E-state index is 13.4. The number of aromatic nitrogens is 3. The van der Waals surface area contributed by atoms with Gasteiger partial charge in [0.25, 0.3) is 5.91 Å². The Kier molecular flexibility index (Phi) is 9.41. The maximum atomic E-state index is 13.4. The molecule has 0 spiro atoms. The van der Waals surface area contributed by atoms with Crippen LogP contribution in [-0.2, 0) is 19.4 Å². The van der Waals surface area contributed by atoms with Gasteiger partial charge in [0.1, 0.15) is 11.5 Å². The minimum atomic E-state index is -0.361. The van der Waals surface area contributed by atoms with Crippen LogP contribution < -0.4 is 9.80 Å². The largest absolute Gasteiger partial charge is 0.358 e. The topological polar surface area (TPSA) is 62.7 Å². The molecular formula is C36H43FN5O+. The lowest BCUT2D eigenvalue weighted by Crippen LogP contribution is -2.48. The molecule has 5 aromatic rings. The van der Waals surface area contributed by atoms with E-state index in [0.717, 1.165) is 66.4 Å². The van der Waals surface area contributed by atoms with Crippen LogP contribution in [0.15, 0.2) is 85.2 Å². The summed E-state index contributed by atoms with van der Waals surface area (Å²) in [7, 11) is 2.33. The van der Waals surface area contributed by atoms with Crippen LogP contribution in [0.2, 0.25) is 0 Å². The summed E-state index contributed by atoms with van der Waals surface area (Å²) in [5, 5.41) is 8.69. The fraction of sp³-hybridized carbons (Fsp3) is 0.333. The number of aromatic amines is 1. The number of nitrogens with zero attached hydrogens (tertiary/aromatic N) is 3. The van der Waals surface area contributed by atoms with Crippen LogP contribution in [0.25, 0.3) is 10.9 Å². The van der Waals surface area contributed by atoms with Crippen molar-refractivity contribution in [2.45, 2.75) is 58.9 Å². The summed E-state index contributed by atoms with van der Waals surface area (Å²) in [5.74, 6) is -0.242. The molecule has 0 fully saturated rings. The third-order valence-corrected chi connectivity index (χ3v) is 8.68. The second-order valence-electron chi connectivity index (χ2n) is 11.8. The van der Waals surface area contributed by atoms with E-state index in [9.17, 15) is 9.18 Å². The number of quaternary nitrogens is 1. The molecule has 3 aromatic carbocycles. The first-order chi connectivity index (χ1) is 20.8. The van der Waals surface area contributed by atoms with Crippen molar-refractivity contribution in [2.24, 2.45) is 0 Å². The Balaban J connectivity index is 1.43. The Morgan fingerprint density at radius 2 is 1.77 bits per heavy atom. The van der Waals surface area contributed by atoms with Crippen LogP contribution in [0.3, 0.4) is 0 Å². The molecule has 6 nitrogen and oxygen atoms in total. The van der Waals surface area contributed by atoms with Gasteiger partial charge in [0.05, 0.1) is 26.3 Å². The van der Waals surface area contributed by atoms with Crippen LogP contribution in [-0.4, -0.2) is 40.8 Å². The third kappa shape index (κ3) is 7.05. The number of aryl methyl sites for hydroxylation is 1. The summed E-state index contributed by atoms with van der Waals surface area (Å²) in [6, 6.07) is 22.4. The van der Waals surface area contributed by atoms with E-state index in [1.807, 2.05) is 23.0 Å². The number of H-pyrrole nitrogens is 1. The SMILES string of the molecule is CCCn1cc(CC[N+](C)(CCc2c(C(C)CC)[nH]c3ccc(NC(=O)c4ccc(F)cc4)cc23)c2ccccc2)cn1. The van der Waals surface area contributed by atoms with Crippen molar-refractivity contribution in [3.8, 4) is 0 Å². The molecule has 2 unspecified atom stereocenters. The van der Waals surface area contributed by atoms with E-state index in [4.69, 9.17) is 0 Å². The summed E-state index contributed by atoms with van der Waals surface area (Å²) in [5.41, 5.74) is 7.35. The van der Waals surface area contributed by atoms with Crippen LogP contribution in [0.1, 0.15) is 66.7 Å². The van der Waals surface area contributed by atoms with Gasteiger partial charge in [-0.25, -0.2) is 4.39 Å². The number of halogens is 1. The van der Waals surface area contributed by atoms with Crippen LogP contribution >= 0.6 is 0 Å². The lowest BCUT2D eigenvalue weighted by atomic mass is 9.97. The first kappa shape index (κ1) is 30.2. The molecule has 0 aliphatic heterocycles. The lowest BCUT2D eigenvalue weighted by Gasteiger charge is -2.34. The number of hydrogen-bond acceptors (Lipinski definition) is 2. The number of rotatable bonds is 13.